The molecule has 0 atom stereocenters. The summed E-state index contributed by atoms with van der Waals surface area (Å²) in [6.45, 7) is 0. The van der Waals surface area contributed by atoms with E-state index in [9.17, 15) is 18.0 Å². The number of rotatable bonds is 8. The third-order valence-corrected chi connectivity index (χ3v) is 8.06. The molecule has 0 aliphatic carbocycles. The van der Waals surface area contributed by atoms with Crippen molar-refractivity contribution in [1.82, 2.24) is 15.4 Å². The van der Waals surface area contributed by atoms with Gasteiger partial charge in [0.1, 0.15) is 5.82 Å². The molecule has 0 aliphatic heterocycles. The predicted molar refractivity (Wildman–Crippen MR) is 162 cm³/mol. The lowest BCUT2D eigenvalue weighted by atomic mass is 10.1. The first-order valence-electron chi connectivity index (χ1n) is 12.2. The van der Waals surface area contributed by atoms with Crippen LogP contribution in [0.15, 0.2) is 95.9 Å². The first-order valence-corrected chi connectivity index (χ1v) is 14.5. The highest BCUT2D eigenvalue weighted by Crippen LogP contribution is 2.31. The zero-order valence-corrected chi connectivity index (χ0v) is 23.8. The van der Waals surface area contributed by atoms with Crippen LogP contribution in [0.5, 0.6) is 0 Å². The number of halogens is 2. The smallest absolute Gasteiger partial charge is 0.267 e. The molecule has 212 valence electrons. The molecule has 4 aromatic carbocycles. The van der Waals surface area contributed by atoms with Crippen LogP contribution in [0.4, 0.5) is 11.4 Å². The van der Waals surface area contributed by atoms with Crippen LogP contribution in [0.3, 0.4) is 0 Å². The summed E-state index contributed by atoms with van der Waals surface area (Å²) in [5.41, 5.74) is 4.89. The Kier molecular flexibility index (Phi) is 8.27. The standard InChI is InChI=1S/C29H21Cl2N5O5S/c30-23-12-9-18(15-22(23)28-33-25-6-1-2-7-26(25)34-28)32-29(38)21-11-10-20(16-24(21)31)42(40,41)36-19-5-3-4-17(14-19)8-13-27(37)35-39/h1-16,36,39H,(H,32,38)(H,33,34)(H,35,37). The quantitative estimate of drug-likeness (QED) is 0.0800. The van der Waals surface area contributed by atoms with Crippen LogP contribution in [-0.2, 0) is 14.8 Å². The Morgan fingerprint density at radius 2 is 1.69 bits per heavy atom. The van der Waals surface area contributed by atoms with E-state index in [2.05, 4.69) is 20.0 Å². The molecule has 1 heterocycles. The van der Waals surface area contributed by atoms with E-state index in [1.54, 1.807) is 30.3 Å². The molecule has 5 rings (SSSR count). The number of carbonyl (C=O) groups is 2. The number of aromatic amines is 1. The number of carbonyl (C=O) groups excluding carboxylic acids is 2. The van der Waals surface area contributed by atoms with Crippen molar-refractivity contribution in [3.63, 3.8) is 0 Å². The van der Waals surface area contributed by atoms with E-state index < -0.39 is 21.8 Å². The Balaban J connectivity index is 1.33. The monoisotopic (exact) mass is 621 g/mol. The molecule has 0 bridgehead atoms. The van der Waals surface area contributed by atoms with Gasteiger partial charge in [0, 0.05) is 23.0 Å². The van der Waals surface area contributed by atoms with Crippen molar-refractivity contribution in [1.29, 1.82) is 0 Å². The Hall–Kier alpha value is -4.68. The first-order chi connectivity index (χ1) is 20.1. The number of hydroxylamine groups is 1. The highest BCUT2D eigenvalue weighted by atomic mass is 35.5. The van der Waals surface area contributed by atoms with Crippen molar-refractivity contribution in [3.05, 3.63) is 112 Å². The number of nitrogens with one attached hydrogen (secondary N) is 4. The van der Waals surface area contributed by atoms with E-state index in [1.165, 1.54) is 41.9 Å². The van der Waals surface area contributed by atoms with Gasteiger partial charge in [0.15, 0.2) is 0 Å². The number of hydrogen-bond acceptors (Lipinski definition) is 6. The minimum absolute atomic E-state index is 0.0603. The number of para-hydroxylation sites is 2. The minimum atomic E-state index is -4.08. The molecular formula is C29H21Cl2N5O5S. The van der Waals surface area contributed by atoms with Crippen LogP contribution in [0, 0.1) is 0 Å². The summed E-state index contributed by atoms with van der Waals surface area (Å²) in [4.78, 5) is 31.9. The number of imidazole rings is 1. The lowest BCUT2D eigenvalue weighted by molar-refractivity contribution is -0.124. The lowest BCUT2D eigenvalue weighted by Gasteiger charge is -2.12. The van der Waals surface area contributed by atoms with Gasteiger partial charge in [-0.05, 0) is 72.3 Å². The highest BCUT2D eigenvalue weighted by Gasteiger charge is 2.19. The molecule has 5 N–H and O–H groups in total. The maximum absolute atomic E-state index is 13.1. The fourth-order valence-electron chi connectivity index (χ4n) is 4.04. The molecule has 1 aromatic heterocycles. The number of H-pyrrole nitrogens is 1. The summed E-state index contributed by atoms with van der Waals surface area (Å²) in [6, 6.07) is 22.5. The van der Waals surface area contributed by atoms with Crippen LogP contribution < -0.4 is 15.5 Å². The molecule has 0 saturated carbocycles. The number of fused-ring (bicyclic) bond motifs is 1. The van der Waals surface area contributed by atoms with Gasteiger partial charge in [-0.25, -0.2) is 18.9 Å². The van der Waals surface area contributed by atoms with Crippen LogP contribution in [0.25, 0.3) is 28.5 Å². The zero-order chi connectivity index (χ0) is 29.9. The maximum Gasteiger partial charge on any atom is 0.267 e. The summed E-state index contributed by atoms with van der Waals surface area (Å²) in [5.74, 6) is -0.752. The third-order valence-electron chi connectivity index (χ3n) is 6.04. The van der Waals surface area contributed by atoms with Gasteiger partial charge < -0.3 is 10.3 Å². The second-order valence-electron chi connectivity index (χ2n) is 8.93. The van der Waals surface area contributed by atoms with Crippen molar-refractivity contribution >= 4 is 73.5 Å². The number of anilines is 2. The fourth-order valence-corrected chi connectivity index (χ4v) is 5.65. The van der Waals surface area contributed by atoms with E-state index in [0.29, 0.717) is 27.7 Å². The summed E-state index contributed by atoms with van der Waals surface area (Å²) >= 11 is 12.8. The second-order valence-corrected chi connectivity index (χ2v) is 11.4. The molecule has 10 nitrogen and oxygen atoms in total. The topological polar surface area (TPSA) is 153 Å². The molecule has 0 radical (unpaired) electrons. The normalized spacial score (nSPS) is 11.5. The van der Waals surface area contributed by atoms with Crippen LogP contribution in [0.1, 0.15) is 15.9 Å². The maximum atomic E-state index is 13.1. The number of benzene rings is 4. The van der Waals surface area contributed by atoms with E-state index in [0.717, 1.165) is 17.1 Å². The molecule has 0 unspecified atom stereocenters. The number of sulfonamides is 1. The summed E-state index contributed by atoms with van der Waals surface area (Å²) in [6.07, 6.45) is 2.48. The second kappa shape index (κ2) is 12.0. The number of aromatic nitrogens is 2. The molecule has 0 aliphatic rings. The molecule has 0 fully saturated rings. The average Bonchev–Trinajstić information content (AvgIpc) is 3.41. The van der Waals surface area contributed by atoms with Gasteiger partial charge in [0.2, 0.25) is 0 Å². The molecule has 0 saturated heterocycles. The number of nitrogens with zero attached hydrogens (tertiary/aromatic N) is 1. The summed E-state index contributed by atoms with van der Waals surface area (Å²) < 4.78 is 28.5. The van der Waals surface area contributed by atoms with E-state index >= 15 is 0 Å². The van der Waals surface area contributed by atoms with Crippen molar-refractivity contribution in [2.24, 2.45) is 0 Å². The Morgan fingerprint density at radius 1 is 0.881 bits per heavy atom. The van der Waals surface area contributed by atoms with Crippen molar-refractivity contribution < 1.29 is 23.2 Å². The van der Waals surface area contributed by atoms with Gasteiger partial charge >= 0.3 is 0 Å². The molecule has 5 aromatic rings. The molecule has 13 heteroatoms. The predicted octanol–water partition coefficient (Wildman–Crippen LogP) is 6.11. The minimum Gasteiger partial charge on any atom is -0.338 e. The van der Waals surface area contributed by atoms with Crippen LogP contribution in [-0.4, -0.2) is 35.4 Å². The van der Waals surface area contributed by atoms with Gasteiger partial charge in [-0.1, -0.05) is 47.5 Å². The Morgan fingerprint density at radius 3 is 2.45 bits per heavy atom. The number of amides is 2. The van der Waals surface area contributed by atoms with Crippen molar-refractivity contribution in [3.8, 4) is 11.4 Å². The number of hydrogen-bond donors (Lipinski definition) is 5. The van der Waals surface area contributed by atoms with Crippen LogP contribution in [0.2, 0.25) is 10.0 Å². The van der Waals surface area contributed by atoms with Gasteiger partial charge in [-0.2, -0.15) is 0 Å². The zero-order valence-electron chi connectivity index (χ0n) is 21.4. The SMILES string of the molecule is O=C(C=Cc1cccc(NS(=O)(=O)c2ccc(C(=O)Nc3ccc(Cl)c(-c4nc5ccccc5[nH]4)c3)c(Cl)c2)c1)NO. The Labute approximate surface area is 250 Å². The van der Waals surface area contributed by atoms with E-state index in [-0.39, 0.29) is 21.2 Å². The fraction of sp³-hybridized carbons (Fsp3) is 0. The third kappa shape index (κ3) is 6.45. The molecule has 2 amide bonds. The van der Waals surface area contributed by atoms with Gasteiger partial charge in [0.25, 0.3) is 21.8 Å². The van der Waals surface area contributed by atoms with Crippen LogP contribution >= 0.6 is 23.2 Å². The first kappa shape index (κ1) is 28.8. The van der Waals surface area contributed by atoms with Gasteiger partial charge in [0.05, 0.1) is 31.5 Å². The van der Waals surface area contributed by atoms with Crippen molar-refractivity contribution in [2.75, 3.05) is 10.0 Å². The lowest BCUT2D eigenvalue weighted by Crippen LogP contribution is -2.15. The largest absolute Gasteiger partial charge is 0.338 e. The molecule has 42 heavy (non-hydrogen) atoms. The summed E-state index contributed by atoms with van der Waals surface area (Å²) in [7, 11) is -4.08. The average molecular weight is 622 g/mol. The van der Waals surface area contributed by atoms with Crippen molar-refractivity contribution in [2.45, 2.75) is 4.90 Å². The Bertz CT molecular complexity index is 1940. The highest BCUT2D eigenvalue weighted by molar-refractivity contribution is 7.92. The van der Waals surface area contributed by atoms with Gasteiger partial charge in [-0.3, -0.25) is 19.5 Å². The van der Waals surface area contributed by atoms with E-state index in [1.807, 2.05) is 24.3 Å². The molecular weight excluding hydrogens is 601 g/mol. The molecule has 0 spiro atoms. The summed E-state index contributed by atoms with van der Waals surface area (Å²) in [5, 5.41) is 11.7. The van der Waals surface area contributed by atoms with E-state index in [4.69, 9.17) is 28.4 Å². The van der Waals surface area contributed by atoms with Gasteiger partial charge in [-0.15, -0.1) is 0 Å².